The summed E-state index contributed by atoms with van der Waals surface area (Å²) in [4.78, 5) is 1.34. The van der Waals surface area contributed by atoms with Gasteiger partial charge in [-0.2, -0.15) is 13.2 Å². The van der Waals surface area contributed by atoms with Gasteiger partial charge in [-0.15, -0.1) is 0 Å². The van der Waals surface area contributed by atoms with Crippen LogP contribution in [0.4, 0.5) is 13.2 Å². The maximum absolute atomic E-state index is 12.0. The Balaban J connectivity index is 2.19. The lowest BCUT2D eigenvalue weighted by molar-refractivity contribution is -0.143. The Kier molecular flexibility index (Phi) is 4.40. The van der Waals surface area contributed by atoms with Gasteiger partial charge in [-0.1, -0.05) is 6.92 Å². The van der Waals surface area contributed by atoms with Gasteiger partial charge in [-0.3, -0.25) is 4.90 Å². The standard InChI is InChI=1S/C10H19F3N2/c1-8-3-5-14-9(8)4-6-15(2)7-10(11,12)13/h8-9,14H,3-7H2,1-2H3. The van der Waals surface area contributed by atoms with E-state index in [0.29, 0.717) is 18.5 Å². The van der Waals surface area contributed by atoms with Gasteiger partial charge in [-0.25, -0.2) is 0 Å². The van der Waals surface area contributed by atoms with E-state index in [-0.39, 0.29) is 0 Å². The molecule has 1 saturated heterocycles. The Bertz CT molecular complexity index is 194. The number of alkyl halides is 3. The summed E-state index contributed by atoms with van der Waals surface area (Å²) >= 11 is 0. The van der Waals surface area contributed by atoms with E-state index in [0.717, 1.165) is 19.4 Å². The summed E-state index contributed by atoms with van der Waals surface area (Å²) in [6, 6.07) is 0.390. The SMILES string of the molecule is CC1CCNC1CCN(C)CC(F)(F)F. The topological polar surface area (TPSA) is 15.3 Å². The molecular weight excluding hydrogens is 205 g/mol. The van der Waals surface area contributed by atoms with Gasteiger partial charge in [0.05, 0.1) is 6.54 Å². The highest BCUT2D eigenvalue weighted by Crippen LogP contribution is 2.19. The van der Waals surface area contributed by atoms with E-state index in [4.69, 9.17) is 0 Å². The van der Waals surface area contributed by atoms with Crippen molar-refractivity contribution >= 4 is 0 Å². The van der Waals surface area contributed by atoms with Gasteiger partial charge in [0.1, 0.15) is 0 Å². The average molecular weight is 224 g/mol. The molecule has 0 radical (unpaired) electrons. The van der Waals surface area contributed by atoms with Crippen molar-refractivity contribution in [2.45, 2.75) is 32.0 Å². The largest absolute Gasteiger partial charge is 0.401 e. The Morgan fingerprint density at radius 1 is 1.40 bits per heavy atom. The second-order valence-electron chi connectivity index (χ2n) is 4.47. The van der Waals surface area contributed by atoms with E-state index >= 15 is 0 Å². The monoisotopic (exact) mass is 224 g/mol. The number of nitrogens with one attached hydrogen (secondary N) is 1. The Labute approximate surface area is 88.8 Å². The third-order valence-corrected chi connectivity index (χ3v) is 2.96. The quantitative estimate of drug-likeness (QED) is 0.784. The van der Waals surface area contributed by atoms with Crippen LogP contribution in [0.5, 0.6) is 0 Å². The van der Waals surface area contributed by atoms with Crippen LogP contribution in [-0.4, -0.2) is 43.8 Å². The van der Waals surface area contributed by atoms with Gasteiger partial charge in [0, 0.05) is 6.04 Å². The molecule has 1 aliphatic heterocycles. The minimum Gasteiger partial charge on any atom is -0.314 e. The van der Waals surface area contributed by atoms with Crippen molar-refractivity contribution in [2.24, 2.45) is 5.92 Å². The van der Waals surface area contributed by atoms with Crippen LogP contribution >= 0.6 is 0 Å². The fraction of sp³-hybridized carbons (Fsp3) is 1.00. The zero-order chi connectivity index (χ0) is 11.5. The predicted molar refractivity (Wildman–Crippen MR) is 53.7 cm³/mol. The molecule has 0 saturated carbocycles. The normalized spacial score (nSPS) is 27.6. The van der Waals surface area contributed by atoms with Crippen molar-refractivity contribution in [1.29, 1.82) is 0 Å². The second-order valence-corrected chi connectivity index (χ2v) is 4.47. The van der Waals surface area contributed by atoms with Crippen molar-refractivity contribution < 1.29 is 13.2 Å². The van der Waals surface area contributed by atoms with Crippen LogP contribution in [-0.2, 0) is 0 Å². The predicted octanol–water partition coefficient (Wildman–Crippen LogP) is 1.87. The molecule has 15 heavy (non-hydrogen) atoms. The van der Waals surface area contributed by atoms with Crippen LogP contribution in [0.2, 0.25) is 0 Å². The maximum Gasteiger partial charge on any atom is 0.401 e. The molecule has 0 bridgehead atoms. The average Bonchev–Trinajstić information content (AvgIpc) is 2.44. The van der Waals surface area contributed by atoms with Gasteiger partial charge in [0.15, 0.2) is 0 Å². The first-order chi connectivity index (χ1) is 6.88. The van der Waals surface area contributed by atoms with Crippen LogP contribution < -0.4 is 5.32 Å². The van der Waals surface area contributed by atoms with E-state index < -0.39 is 12.7 Å². The number of hydrogen-bond acceptors (Lipinski definition) is 2. The summed E-state index contributed by atoms with van der Waals surface area (Å²) in [6.45, 7) is 2.83. The van der Waals surface area contributed by atoms with E-state index in [9.17, 15) is 13.2 Å². The summed E-state index contributed by atoms with van der Waals surface area (Å²) in [6.07, 6.45) is -2.15. The summed E-state index contributed by atoms with van der Waals surface area (Å²) < 4.78 is 36.1. The van der Waals surface area contributed by atoms with Crippen molar-refractivity contribution in [3.05, 3.63) is 0 Å². The fourth-order valence-corrected chi connectivity index (χ4v) is 2.03. The zero-order valence-electron chi connectivity index (χ0n) is 9.27. The molecule has 1 aliphatic rings. The first-order valence-corrected chi connectivity index (χ1v) is 5.37. The summed E-state index contributed by atoms with van der Waals surface area (Å²) in [5, 5.41) is 3.32. The molecule has 5 heteroatoms. The molecule has 0 aromatic carbocycles. The van der Waals surface area contributed by atoms with E-state index in [1.54, 1.807) is 0 Å². The van der Waals surface area contributed by atoms with Crippen LogP contribution in [0, 0.1) is 5.92 Å². The number of nitrogens with zero attached hydrogens (tertiary/aromatic N) is 1. The van der Waals surface area contributed by atoms with E-state index in [1.807, 2.05) is 0 Å². The molecule has 2 unspecified atom stereocenters. The van der Waals surface area contributed by atoms with Gasteiger partial charge in [0.2, 0.25) is 0 Å². The molecule has 0 aliphatic carbocycles. The fourth-order valence-electron chi connectivity index (χ4n) is 2.03. The van der Waals surface area contributed by atoms with Crippen molar-refractivity contribution in [3.63, 3.8) is 0 Å². The Hall–Kier alpha value is -0.290. The first-order valence-electron chi connectivity index (χ1n) is 5.37. The molecule has 0 spiro atoms. The molecule has 1 N–H and O–H groups in total. The first kappa shape index (κ1) is 12.8. The lowest BCUT2D eigenvalue weighted by Gasteiger charge is -2.22. The number of hydrogen-bond donors (Lipinski definition) is 1. The zero-order valence-corrected chi connectivity index (χ0v) is 9.27. The van der Waals surface area contributed by atoms with Crippen LogP contribution in [0.25, 0.3) is 0 Å². The van der Waals surface area contributed by atoms with Gasteiger partial charge < -0.3 is 5.32 Å². The van der Waals surface area contributed by atoms with Gasteiger partial charge in [-0.05, 0) is 38.9 Å². The van der Waals surface area contributed by atoms with Crippen molar-refractivity contribution in [3.8, 4) is 0 Å². The molecule has 0 aromatic heterocycles. The van der Waals surface area contributed by atoms with Crippen molar-refractivity contribution in [1.82, 2.24) is 10.2 Å². The summed E-state index contributed by atoms with van der Waals surface area (Å²) in [7, 11) is 1.52. The molecule has 1 fully saturated rings. The number of rotatable bonds is 4. The Morgan fingerprint density at radius 2 is 2.07 bits per heavy atom. The molecule has 1 heterocycles. The summed E-state index contributed by atoms with van der Waals surface area (Å²) in [5.74, 6) is 0.587. The third-order valence-electron chi connectivity index (χ3n) is 2.96. The van der Waals surface area contributed by atoms with E-state index in [2.05, 4.69) is 12.2 Å². The lowest BCUT2D eigenvalue weighted by Crippen LogP contribution is -2.35. The highest BCUT2D eigenvalue weighted by molar-refractivity contribution is 4.81. The minimum absolute atomic E-state index is 0.390. The lowest BCUT2D eigenvalue weighted by atomic mass is 10.0. The highest BCUT2D eigenvalue weighted by Gasteiger charge is 2.30. The van der Waals surface area contributed by atoms with Gasteiger partial charge >= 0.3 is 6.18 Å². The summed E-state index contributed by atoms with van der Waals surface area (Å²) in [5.41, 5.74) is 0. The number of halogens is 3. The van der Waals surface area contributed by atoms with Crippen LogP contribution in [0.1, 0.15) is 19.8 Å². The highest BCUT2D eigenvalue weighted by atomic mass is 19.4. The molecule has 1 rings (SSSR count). The molecule has 90 valence electrons. The van der Waals surface area contributed by atoms with E-state index in [1.165, 1.54) is 11.9 Å². The third kappa shape index (κ3) is 4.84. The molecular formula is C10H19F3N2. The Morgan fingerprint density at radius 3 is 2.53 bits per heavy atom. The molecule has 2 atom stereocenters. The van der Waals surface area contributed by atoms with Crippen molar-refractivity contribution in [2.75, 3.05) is 26.7 Å². The second kappa shape index (κ2) is 5.16. The minimum atomic E-state index is -4.08. The van der Waals surface area contributed by atoms with Gasteiger partial charge in [0.25, 0.3) is 0 Å². The van der Waals surface area contributed by atoms with Crippen LogP contribution in [0.15, 0.2) is 0 Å². The van der Waals surface area contributed by atoms with Crippen LogP contribution in [0.3, 0.4) is 0 Å². The molecule has 0 amide bonds. The molecule has 0 aromatic rings. The maximum atomic E-state index is 12.0. The smallest absolute Gasteiger partial charge is 0.314 e. The molecule has 2 nitrogen and oxygen atoms in total.